The summed E-state index contributed by atoms with van der Waals surface area (Å²) in [5.74, 6) is 0.397. The number of hydrogen-bond acceptors (Lipinski definition) is 8. The van der Waals surface area contributed by atoms with Gasteiger partial charge in [0.2, 0.25) is 0 Å². The topological polar surface area (TPSA) is 92.7 Å². The SMILES string of the molecule is COC(=O)CCCCCOC1OC(COCc2ccc(OC)cc2)C(O)C(OCc2ccccc2)C1C. The van der Waals surface area contributed by atoms with Crippen molar-refractivity contribution < 1.29 is 38.3 Å². The molecule has 0 radical (unpaired) electrons. The summed E-state index contributed by atoms with van der Waals surface area (Å²) < 4.78 is 34.2. The molecule has 0 aromatic heterocycles. The molecule has 1 heterocycles. The number of carbonyl (C=O) groups excluding carboxylic acids is 1. The van der Waals surface area contributed by atoms with Gasteiger partial charge in [-0.1, -0.05) is 55.8 Å². The minimum atomic E-state index is -0.866. The number of methoxy groups -OCH3 is 2. The van der Waals surface area contributed by atoms with Gasteiger partial charge in [0.05, 0.1) is 40.1 Å². The number of esters is 1. The quantitative estimate of drug-likeness (QED) is 0.277. The van der Waals surface area contributed by atoms with Crippen LogP contribution in [0.5, 0.6) is 5.75 Å². The van der Waals surface area contributed by atoms with Crippen LogP contribution in [0.2, 0.25) is 0 Å². The lowest BCUT2D eigenvalue weighted by Crippen LogP contribution is -2.56. The number of unbranched alkanes of at least 4 members (excludes halogenated alkanes) is 2. The molecule has 0 bridgehead atoms. The molecule has 8 heteroatoms. The summed E-state index contributed by atoms with van der Waals surface area (Å²) in [6.07, 6.45) is 0.311. The normalized spacial score (nSPS) is 23.5. The van der Waals surface area contributed by atoms with Gasteiger partial charge >= 0.3 is 5.97 Å². The lowest BCUT2D eigenvalue weighted by Gasteiger charge is -2.43. The number of carbonyl (C=O) groups is 1. The average Bonchev–Trinajstić information content (AvgIpc) is 2.93. The molecule has 1 aliphatic rings. The van der Waals surface area contributed by atoms with Gasteiger partial charge in [0.25, 0.3) is 0 Å². The van der Waals surface area contributed by atoms with Crippen LogP contribution >= 0.6 is 0 Å². The summed E-state index contributed by atoms with van der Waals surface area (Å²) in [5.41, 5.74) is 2.03. The van der Waals surface area contributed by atoms with E-state index in [2.05, 4.69) is 4.74 Å². The van der Waals surface area contributed by atoms with Gasteiger partial charge in [-0.3, -0.25) is 4.79 Å². The van der Waals surface area contributed by atoms with Gasteiger partial charge in [-0.05, 0) is 36.1 Å². The molecule has 2 aromatic carbocycles. The Morgan fingerprint density at radius 1 is 0.919 bits per heavy atom. The van der Waals surface area contributed by atoms with Crippen LogP contribution in [-0.2, 0) is 41.7 Å². The van der Waals surface area contributed by atoms with Gasteiger partial charge in [0.15, 0.2) is 6.29 Å². The number of rotatable bonds is 15. The maximum Gasteiger partial charge on any atom is 0.305 e. The highest BCUT2D eigenvalue weighted by molar-refractivity contribution is 5.68. The predicted molar refractivity (Wildman–Crippen MR) is 138 cm³/mol. The van der Waals surface area contributed by atoms with E-state index in [1.165, 1.54) is 7.11 Å². The van der Waals surface area contributed by atoms with Gasteiger partial charge in [0, 0.05) is 18.9 Å². The molecule has 204 valence electrons. The minimum Gasteiger partial charge on any atom is -0.497 e. The number of aliphatic hydroxyl groups is 1. The van der Waals surface area contributed by atoms with Crippen LogP contribution in [0.3, 0.4) is 0 Å². The summed E-state index contributed by atoms with van der Waals surface area (Å²) in [6, 6.07) is 17.5. The van der Waals surface area contributed by atoms with E-state index in [1.54, 1.807) is 7.11 Å². The van der Waals surface area contributed by atoms with Gasteiger partial charge in [0.1, 0.15) is 18.0 Å². The molecule has 1 fully saturated rings. The molecule has 3 rings (SSSR count). The zero-order valence-electron chi connectivity index (χ0n) is 22.0. The van der Waals surface area contributed by atoms with Gasteiger partial charge in [-0.15, -0.1) is 0 Å². The highest BCUT2D eigenvalue weighted by atomic mass is 16.7. The summed E-state index contributed by atoms with van der Waals surface area (Å²) >= 11 is 0. The molecule has 1 aliphatic heterocycles. The summed E-state index contributed by atoms with van der Waals surface area (Å²) in [6.45, 7) is 3.41. The second kappa shape index (κ2) is 15.7. The largest absolute Gasteiger partial charge is 0.497 e. The number of ether oxygens (including phenoxy) is 6. The number of aliphatic hydroxyl groups excluding tert-OH is 1. The van der Waals surface area contributed by atoms with Crippen molar-refractivity contribution in [2.24, 2.45) is 5.92 Å². The lowest BCUT2D eigenvalue weighted by atomic mass is 9.92. The van der Waals surface area contributed by atoms with Crippen molar-refractivity contribution in [2.75, 3.05) is 27.4 Å². The first-order valence-corrected chi connectivity index (χ1v) is 12.9. The maximum absolute atomic E-state index is 11.3. The van der Waals surface area contributed by atoms with Crippen molar-refractivity contribution in [3.63, 3.8) is 0 Å². The third-order valence-electron chi connectivity index (χ3n) is 6.50. The zero-order valence-corrected chi connectivity index (χ0v) is 22.0. The Morgan fingerprint density at radius 3 is 2.35 bits per heavy atom. The Bertz CT molecular complexity index is 904. The molecule has 2 aromatic rings. The van der Waals surface area contributed by atoms with E-state index < -0.39 is 24.6 Å². The zero-order chi connectivity index (χ0) is 26.5. The first-order chi connectivity index (χ1) is 18.0. The van der Waals surface area contributed by atoms with Crippen molar-refractivity contribution in [1.29, 1.82) is 0 Å². The summed E-state index contributed by atoms with van der Waals surface area (Å²) in [4.78, 5) is 11.3. The first kappa shape index (κ1) is 29.1. The van der Waals surface area contributed by atoms with E-state index in [1.807, 2.05) is 61.5 Å². The van der Waals surface area contributed by atoms with Crippen LogP contribution in [0.15, 0.2) is 54.6 Å². The van der Waals surface area contributed by atoms with Crippen LogP contribution < -0.4 is 4.74 Å². The van der Waals surface area contributed by atoms with E-state index in [0.29, 0.717) is 26.2 Å². The summed E-state index contributed by atoms with van der Waals surface area (Å²) in [7, 11) is 3.03. The second-order valence-corrected chi connectivity index (χ2v) is 9.27. The van der Waals surface area contributed by atoms with Crippen LogP contribution in [-0.4, -0.2) is 63.1 Å². The molecule has 37 heavy (non-hydrogen) atoms. The average molecular weight is 517 g/mol. The molecule has 0 aliphatic carbocycles. The van der Waals surface area contributed by atoms with Crippen molar-refractivity contribution >= 4 is 5.97 Å². The molecule has 0 saturated carbocycles. The molecule has 0 amide bonds. The predicted octanol–water partition coefficient (Wildman–Crippen LogP) is 4.27. The number of hydrogen-bond donors (Lipinski definition) is 1. The van der Waals surface area contributed by atoms with Crippen molar-refractivity contribution in [3.8, 4) is 5.75 Å². The lowest BCUT2D eigenvalue weighted by molar-refractivity contribution is -0.293. The van der Waals surface area contributed by atoms with Crippen LogP contribution in [0.1, 0.15) is 43.7 Å². The van der Waals surface area contributed by atoms with Crippen LogP contribution in [0.4, 0.5) is 0 Å². The van der Waals surface area contributed by atoms with Crippen molar-refractivity contribution in [1.82, 2.24) is 0 Å². The van der Waals surface area contributed by atoms with E-state index >= 15 is 0 Å². The third-order valence-corrected chi connectivity index (χ3v) is 6.50. The van der Waals surface area contributed by atoms with Gasteiger partial charge in [-0.25, -0.2) is 0 Å². The van der Waals surface area contributed by atoms with Crippen LogP contribution in [0.25, 0.3) is 0 Å². The Hall–Kier alpha value is -2.49. The van der Waals surface area contributed by atoms with Crippen molar-refractivity contribution in [3.05, 3.63) is 65.7 Å². The smallest absolute Gasteiger partial charge is 0.305 e. The molecule has 1 saturated heterocycles. The molecular formula is C29H40O8. The molecule has 1 N–H and O–H groups in total. The highest BCUT2D eigenvalue weighted by Gasteiger charge is 2.44. The Labute approximate surface area is 219 Å². The fourth-order valence-electron chi connectivity index (χ4n) is 4.26. The Kier molecular flexibility index (Phi) is 12.3. The van der Waals surface area contributed by atoms with E-state index in [0.717, 1.165) is 36.1 Å². The van der Waals surface area contributed by atoms with Gasteiger partial charge < -0.3 is 33.5 Å². The summed E-state index contributed by atoms with van der Waals surface area (Å²) in [5, 5.41) is 11.1. The second-order valence-electron chi connectivity index (χ2n) is 9.27. The fraction of sp³-hybridized carbons (Fsp3) is 0.552. The maximum atomic E-state index is 11.3. The molecule has 0 spiro atoms. The Morgan fingerprint density at radius 2 is 1.65 bits per heavy atom. The molecule has 8 nitrogen and oxygen atoms in total. The van der Waals surface area contributed by atoms with Crippen molar-refractivity contribution in [2.45, 2.75) is 70.4 Å². The van der Waals surface area contributed by atoms with Gasteiger partial charge in [-0.2, -0.15) is 0 Å². The standard InChI is InChI=1S/C29H40O8/c1-21-28(36-19-22-10-6-4-7-11-22)27(31)25(20-34-18-23-13-15-24(32-2)16-14-23)37-29(21)35-17-9-5-8-12-26(30)33-3/h4,6-7,10-11,13-16,21,25,27-29,31H,5,8-9,12,17-20H2,1-3H3. The highest BCUT2D eigenvalue weighted by Crippen LogP contribution is 2.30. The first-order valence-electron chi connectivity index (χ1n) is 12.9. The van der Waals surface area contributed by atoms with Crippen LogP contribution in [0, 0.1) is 5.92 Å². The molecule has 5 unspecified atom stereocenters. The molecule has 5 atom stereocenters. The van der Waals surface area contributed by atoms with E-state index in [-0.39, 0.29) is 18.5 Å². The molecular weight excluding hydrogens is 476 g/mol. The fourth-order valence-corrected chi connectivity index (χ4v) is 4.26. The minimum absolute atomic E-state index is 0.188. The monoisotopic (exact) mass is 516 g/mol. The van der Waals surface area contributed by atoms with E-state index in [4.69, 9.17) is 23.7 Å². The number of benzene rings is 2. The van der Waals surface area contributed by atoms with E-state index in [9.17, 15) is 9.90 Å². The Balaban J connectivity index is 1.55. The third kappa shape index (κ3) is 9.39.